The molecule has 1 saturated heterocycles. The van der Waals surface area contributed by atoms with Crippen molar-refractivity contribution in [3.63, 3.8) is 0 Å². The first kappa shape index (κ1) is 10.3. The van der Waals surface area contributed by atoms with Gasteiger partial charge in [0, 0.05) is 13.5 Å². The maximum absolute atomic E-state index is 11.7. The Morgan fingerprint density at radius 2 is 1.88 bits per heavy atom. The minimum atomic E-state index is -0.109. The summed E-state index contributed by atoms with van der Waals surface area (Å²) >= 11 is 0. The lowest BCUT2D eigenvalue weighted by Crippen LogP contribution is -2.41. The number of amides is 1. The van der Waals surface area contributed by atoms with Gasteiger partial charge in [0.15, 0.2) is 5.78 Å². The summed E-state index contributed by atoms with van der Waals surface area (Å²) in [6.45, 7) is 4.07. The van der Waals surface area contributed by atoms with Crippen LogP contribution in [0.5, 0.6) is 0 Å². The van der Waals surface area contributed by atoms with Gasteiger partial charge in [-0.25, -0.2) is 0 Å². The van der Waals surface area contributed by atoms with Crippen molar-refractivity contribution in [1.29, 1.82) is 0 Å². The largest absolute Gasteiger partial charge is 0.332 e. The monoisotopic (exact) mass is 221 g/mol. The second-order valence-corrected chi connectivity index (χ2v) is 5.90. The average molecular weight is 221 g/mol. The van der Waals surface area contributed by atoms with Gasteiger partial charge in [-0.1, -0.05) is 0 Å². The molecule has 0 aromatic heterocycles. The molecule has 1 heterocycles. The molecule has 3 nitrogen and oxygen atoms in total. The predicted octanol–water partition coefficient (Wildman–Crippen LogP) is 1.61. The number of Topliss-reactive ketones (excluding diaryl/α,β-unsaturated/α-hetero) is 1. The van der Waals surface area contributed by atoms with Crippen molar-refractivity contribution >= 4 is 11.7 Å². The van der Waals surface area contributed by atoms with Crippen molar-refractivity contribution in [3.05, 3.63) is 0 Å². The maximum Gasteiger partial charge on any atom is 0.220 e. The van der Waals surface area contributed by atoms with E-state index in [0.717, 1.165) is 13.0 Å². The van der Waals surface area contributed by atoms with Crippen LogP contribution in [0.4, 0.5) is 0 Å². The Morgan fingerprint density at radius 3 is 2.38 bits per heavy atom. The molecule has 0 N–H and O–H groups in total. The van der Waals surface area contributed by atoms with Crippen molar-refractivity contribution in [3.8, 4) is 0 Å². The molecule has 3 atom stereocenters. The standard InChI is InChI=1S/C13H19NO2/c1-8(15)12-10-3-4-13(5-6-13)11(10)7-14(12)9(2)16/h10-12H,3-7H2,1-2H3/t10?,11?,12-/m1/s1. The van der Waals surface area contributed by atoms with Gasteiger partial charge in [-0.05, 0) is 49.9 Å². The van der Waals surface area contributed by atoms with Gasteiger partial charge in [-0.2, -0.15) is 0 Å². The molecule has 1 amide bonds. The number of fused-ring (bicyclic) bond motifs is 2. The van der Waals surface area contributed by atoms with Crippen molar-refractivity contribution in [1.82, 2.24) is 4.90 Å². The van der Waals surface area contributed by atoms with Crippen LogP contribution in [0.15, 0.2) is 0 Å². The van der Waals surface area contributed by atoms with Gasteiger partial charge in [-0.3, -0.25) is 9.59 Å². The fraction of sp³-hybridized carbons (Fsp3) is 0.846. The van der Waals surface area contributed by atoms with Crippen LogP contribution in [0.2, 0.25) is 0 Å². The van der Waals surface area contributed by atoms with Gasteiger partial charge in [0.1, 0.15) is 0 Å². The van der Waals surface area contributed by atoms with E-state index in [1.54, 1.807) is 13.8 Å². The molecule has 2 saturated carbocycles. The highest BCUT2D eigenvalue weighted by Crippen LogP contribution is 2.66. The minimum absolute atomic E-state index is 0.0744. The van der Waals surface area contributed by atoms with Crippen LogP contribution in [-0.2, 0) is 9.59 Å². The van der Waals surface area contributed by atoms with Crippen LogP contribution < -0.4 is 0 Å². The Hall–Kier alpha value is -0.860. The highest BCUT2D eigenvalue weighted by Gasteiger charge is 2.62. The Bertz CT molecular complexity index is 359. The summed E-state index contributed by atoms with van der Waals surface area (Å²) in [6.07, 6.45) is 5.09. The van der Waals surface area contributed by atoms with Crippen molar-refractivity contribution in [2.75, 3.05) is 6.54 Å². The molecule has 2 unspecified atom stereocenters. The molecule has 3 rings (SSSR count). The zero-order chi connectivity index (χ0) is 11.5. The number of hydrogen-bond acceptors (Lipinski definition) is 2. The van der Waals surface area contributed by atoms with E-state index in [0.29, 0.717) is 17.3 Å². The van der Waals surface area contributed by atoms with Crippen LogP contribution in [0, 0.1) is 17.3 Å². The van der Waals surface area contributed by atoms with E-state index >= 15 is 0 Å². The average Bonchev–Trinajstić information content (AvgIpc) is 2.74. The highest BCUT2D eigenvalue weighted by molar-refractivity contribution is 5.87. The number of ketones is 1. The molecule has 0 aromatic carbocycles. The number of likely N-dealkylation sites (tertiary alicyclic amines) is 1. The topological polar surface area (TPSA) is 37.4 Å². The lowest BCUT2D eigenvalue weighted by Gasteiger charge is -2.24. The molecule has 3 aliphatic rings. The summed E-state index contributed by atoms with van der Waals surface area (Å²) in [5.41, 5.74) is 0.530. The SMILES string of the molecule is CC(=O)[C@@H]1C2CCC3(CC3)C2CN1C(C)=O. The lowest BCUT2D eigenvalue weighted by atomic mass is 9.86. The molecule has 0 aromatic rings. The summed E-state index contributed by atoms with van der Waals surface area (Å²) in [6, 6.07) is -0.109. The molecule has 0 bridgehead atoms. The summed E-state index contributed by atoms with van der Waals surface area (Å²) in [5, 5.41) is 0. The normalized spacial score (nSPS) is 38.9. The van der Waals surface area contributed by atoms with Crippen molar-refractivity contribution < 1.29 is 9.59 Å². The van der Waals surface area contributed by atoms with E-state index in [4.69, 9.17) is 0 Å². The highest BCUT2D eigenvalue weighted by atomic mass is 16.2. The number of carbonyl (C=O) groups is 2. The second kappa shape index (κ2) is 3.08. The van der Waals surface area contributed by atoms with Gasteiger partial charge >= 0.3 is 0 Å². The zero-order valence-electron chi connectivity index (χ0n) is 10.0. The van der Waals surface area contributed by atoms with E-state index in [-0.39, 0.29) is 17.7 Å². The Balaban J connectivity index is 1.90. The van der Waals surface area contributed by atoms with E-state index in [2.05, 4.69) is 0 Å². The third kappa shape index (κ3) is 1.20. The lowest BCUT2D eigenvalue weighted by molar-refractivity contribution is -0.136. The van der Waals surface area contributed by atoms with Crippen molar-refractivity contribution in [2.45, 2.75) is 45.6 Å². The van der Waals surface area contributed by atoms with Crippen LogP contribution in [0.25, 0.3) is 0 Å². The number of rotatable bonds is 1. The van der Waals surface area contributed by atoms with Crippen molar-refractivity contribution in [2.24, 2.45) is 17.3 Å². The van der Waals surface area contributed by atoms with Gasteiger partial charge in [-0.15, -0.1) is 0 Å². The maximum atomic E-state index is 11.7. The summed E-state index contributed by atoms with van der Waals surface area (Å²) in [7, 11) is 0. The summed E-state index contributed by atoms with van der Waals surface area (Å²) < 4.78 is 0. The quantitative estimate of drug-likeness (QED) is 0.674. The fourth-order valence-electron chi connectivity index (χ4n) is 4.19. The number of hydrogen-bond donors (Lipinski definition) is 0. The van der Waals surface area contributed by atoms with E-state index in [9.17, 15) is 9.59 Å². The smallest absolute Gasteiger partial charge is 0.220 e. The fourth-order valence-corrected chi connectivity index (χ4v) is 4.19. The Labute approximate surface area is 96.2 Å². The van der Waals surface area contributed by atoms with E-state index in [1.807, 2.05) is 4.90 Å². The predicted molar refractivity (Wildman–Crippen MR) is 59.7 cm³/mol. The van der Waals surface area contributed by atoms with Gasteiger partial charge < -0.3 is 4.90 Å². The van der Waals surface area contributed by atoms with Gasteiger partial charge in [0.05, 0.1) is 6.04 Å². The first-order valence-corrected chi connectivity index (χ1v) is 6.33. The molecule has 88 valence electrons. The molecule has 0 radical (unpaired) electrons. The first-order chi connectivity index (χ1) is 7.55. The Morgan fingerprint density at radius 1 is 1.19 bits per heavy atom. The molecular weight excluding hydrogens is 202 g/mol. The van der Waals surface area contributed by atoms with Gasteiger partial charge in [0.2, 0.25) is 5.91 Å². The third-order valence-corrected chi connectivity index (χ3v) is 5.13. The Kier molecular flexibility index (Phi) is 1.99. The minimum Gasteiger partial charge on any atom is -0.332 e. The third-order valence-electron chi connectivity index (χ3n) is 5.13. The zero-order valence-corrected chi connectivity index (χ0v) is 10.0. The molecule has 3 fully saturated rings. The number of nitrogens with zero attached hydrogens (tertiary/aromatic N) is 1. The van der Waals surface area contributed by atoms with Crippen LogP contribution >= 0.6 is 0 Å². The molecule has 3 heteroatoms. The molecule has 1 spiro atoms. The van der Waals surface area contributed by atoms with Crippen LogP contribution in [0.1, 0.15) is 39.5 Å². The van der Waals surface area contributed by atoms with Crippen LogP contribution in [-0.4, -0.2) is 29.2 Å². The molecular formula is C13H19NO2. The van der Waals surface area contributed by atoms with Gasteiger partial charge in [0.25, 0.3) is 0 Å². The summed E-state index contributed by atoms with van der Waals surface area (Å²) in [4.78, 5) is 25.2. The van der Waals surface area contributed by atoms with E-state index < -0.39 is 0 Å². The molecule has 2 aliphatic carbocycles. The number of carbonyl (C=O) groups excluding carboxylic acids is 2. The van der Waals surface area contributed by atoms with E-state index in [1.165, 1.54) is 19.3 Å². The molecule has 16 heavy (non-hydrogen) atoms. The second-order valence-electron chi connectivity index (χ2n) is 5.90. The first-order valence-electron chi connectivity index (χ1n) is 6.33. The summed E-state index contributed by atoms with van der Waals surface area (Å²) in [5.74, 6) is 1.33. The van der Waals surface area contributed by atoms with Crippen LogP contribution in [0.3, 0.4) is 0 Å². The molecule has 1 aliphatic heterocycles.